The number of hydrogen-bond donors (Lipinski definition) is 0. The van der Waals surface area contributed by atoms with E-state index in [9.17, 15) is 9.18 Å². The molecule has 8 heteroatoms. The lowest BCUT2D eigenvalue weighted by atomic mass is 10.1. The number of piperidine rings is 1. The lowest BCUT2D eigenvalue weighted by molar-refractivity contribution is -0.116. The standard InChI is InChI=1S/C26H30FN5OS/c1-18-16-20-8-4-5-9-23(20)31(18)24(33)17-34-26-29-28-25(19(2)30-14-6-3-7-15-30)32(26)22-12-10-21(27)11-13-22/h4-5,8-13,18-19H,3,6-7,14-17H2,1-2H3/t18-,19-/m1/s1. The second kappa shape index (κ2) is 9.88. The van der Waals surface area contributed by atoms with Crippen LogP contribution in [-0.2, 0) is 11.2 Å². The molecule has 0 saturated carbocycles. The summed E-state index contributed by atoms with van der Waals surface area (Å²) in [7, 11) is 0. The van der Waals surface area contributed by atoms with Gasteiger partial charge in [0.15, 0.2) is 11.0 Å². The number of thioether (sulfide) groups is 1. The Labute approximate surface area is 204 Å². The van der Waals surface area contributed by atoms with Crippen LogP contribution in [-0.4, -0.2) is 50.5 Å². The van der Waals surface area contributed by atoms with Gasteiger partial charge in [-0.25, -0.2) is 4.39 Å². The lowest BCUT2D eigenvalue weighted by Crippen LogP contribution is -2.37. The van der Waals surface area contributed by atoms with Gasteiger partial charge in [0.25, 0.3) is 0 Å². The highest BCUT2D eigenvalue weighted by molar-refractivity contribution is 7.99. The van der Waals surface area contributed by atoms with Gasteiger partial charge in [-0.3, -0.25) is 14.3 Å². The molecule has 0 unspecified atom stereocenters. The number of halogens is 1. The van der Waals surface area contributed by atoms with Gasteiger partial charge in [0, 0.05) is 17.4 Å². The summed E-state index contributed by atoms with van der Waals surface area (Å²) in [6.07, 6.45) is 4.49. The first-order chi connectivity index (χ1) is 16.5. The van der Waals surface area contributed by atoms with E-state index in [4.69, 9.17) is 0 Å². The molecule has 5 rings (SSSR count). The quantitative estimate of drug-likeness (QED) is 0.465. The number of rotatable bonds is 6. The molecular weight excluding hydrogens is 449 g/mol. The van der Waals surface area contributed by atoms with Gasteiger partial charge in [0.2, 0.25) is 5.91 Å². The fraction of sp³-hybridized carbons (Fsp3) is 0.423. The number of carbonyl (C=O) groups excluding carboxylic acids is 1. The van der Waals surface area contributed by atoms with E-state index in [1.165, 1.54) is 48.7 Å². The van der Waals surface area contributed by atoms with Crippen LogP contribution < -0.4 is 4.90 Å². The van der Waals surface area contributed by atoms with E-state index in [2.05, 4.69) is 35.0 Å². The summed E-state index contributed by atoms with van der Waals surface area (Å²) in [5, 5.41) is 9.68. The van der Waals surface area contributed by atoms with Crippen molar-refractivity contribution >= 4 is 23.4 Å². The number of aromatic nitrogens is 3. The van der Waals surface area contributed by atoms with Gasteiger partial charge in [-0.2, -0.15) is 0 Å². The predicted octanol–water partition coefficient (Wildman–Crippen LogP) is 5.02. The number of para-hydroxylation sites is 1. The molecule has 1 amide bonds. The molecule has 34 heavy (non-hydrogen) atoms. The summed E-state index contributed by atoms with van der Waals surface area (Å²) in [4.78, 5) is 17.6. The smallest absolute Gasteiger partial charge is 0.237 e. The third-order valence-corrected chi connectivity index (χ3v) is 7.77. The minimum Gasteiger partial charge on any atom is -0.308 e. The number of hydrogen-bond acceptors (Lipinski definition) is 5. The van der Waals surface area contributed by atoms with Crippen LogP contribution in [0.25, 0.3) is 5.69 Å². The molecule has 0 spiro atoms. The molecule has 3 heterocycles. The van der Waals surface area contributed by atoms with Gasteiger partial charge < -0.3 is 4.90 Å². The van der Waals surface area contributed by atoms with Crippen LogP contribution in [0, 0.1) is 5.82 Å². The van der Waals surface area contributed by atoms with Crippen LogP contribution >= 0.6 is 11.8 Å². The number of likely N-dealkylation sites (tertiary alicyclic amines) is 1. The summed E-state index contributed by atoms with van der Waals surface area (Å²) in [5.41, 5.74) is 3.01. The van der Waals surface area contributed by atoms with E-state index >= 15 is 0 Å². The Balaban J connectivity index is 1.40. The van der Waals surface area contributed by atoms with E-state index < -0.39 is 0 Å². The molecule has 1 aromatic heterocycles. The van der Waals surface area contributed by atoms with Gasteiger partial charge in [0.1, 0.15) is 5.82 Å². The summed E-state index contributed by atoms with van der Waals surface area (Å²) >= 11 is 1.39. The average Bonchev–Trinajstić information content (AvgIpc) is 3.43. The van der Waals surface area contributed by atoms with E-state index in [0.29, 0.717) is 5.16 Å². The van der Waals surface area contributed by atoms with Crippen molar-refractivity contribution in [1.29, 1.82) is 0 Å². The molecule has 0 aliphatic carbocycles. The molecular formula is C26H30FN5OS. The van der Waals surface area contributed by atoms with Crippen molar-refractivity contribution < 1.29 is 9.18 Å². The van der Waals surface area contributed by atoms with Crippen molar-refractivity contribution in [3.8, 4) is 5.69 Å². The first-order valence-corrected chi connectivity index (χ1v) is 13.0. The molecule has 2 aliphatic heterocycles. The minimum absolute atomic E-state index is 0.0572. The van der Waals surface area contributed by atoms with Crippen LogP contribution in [0.5, 0.6) is 0 Å². The monoisotopic (exact) mass is 479 g/mol. The number of anilines is 1. The van der Waals surface area contributed by atoms with Crippen molar-refractivity contribution in [3.63, 3.8) is 0 Å². The third kappa shape index (κ3) is 4.49. The summed E-state index contributed by atoms with van der Waals surface area (Å²) < 4.78 is 15.6. The number of amides is 1. The number of benzene rings is 2. The maximum atomic E-state index is 13.7. The van der Waals surface area contributed by atoms with Gasteiger partial charge in [-0.15, -0.1) is 10.2 Å². The van der Waals surface area contributed by atoms with Crippen molar-refractivity contribution in [2.75, 3.05) is 23.7 Å². The molecule has 0 N–H and O–H groups in total. The third-order valence-electron chi connectivity index (χ3n) is 6.86. The molecule has 1 saturated heterocycles. The highest BCUT2D eigenvalue weighted by Gasteiger charge is 2.31. The first-order valence-electron chi connectivity index (χ1n) is 12.0. The Morgan fingerprint density at radius 1 is 1.09 bits per heavy atom. The predicted molar refractivity (Wildman–Crippen MR) is 133 cm³/mol. The second-order valence-electron chi connectivity index (χ2n) is 9.16. The zero-order valence-electron chi connectivity index (χ0n) is 19.7. The van der Waals surface area contributed by atoms with Crippen molar-refractivity contribution in [3.05, 3.63) is 65.7 Å². The summed E-state index contributed by atoms with van der Waals surface area (Å²) in [6.45, 7) is 6.30. The van der Waals surface area contributed by atoms with Crippen LogP contribution in [0.1, 0.15) is 50.5 Å². The molecule has 178 valence electrons. The van der Waals surface area contributed by atoms with Crippen molar-refractivity contribution in [2.45, 2.75) is 56.8 Å². The second-order valence-corrected chi connectivity index (χ2v) is 10.1. The van der Waals surface area contributed by atoms with E-state index in [1.807, 2.05) is 27.7 Å². The number of nitrogens with zero attached hydrogens (tertiary/aromatic N) is 5. The van der Waals surface area contributed by atoms with Crippen LogP contribution in [0.4, 0.5) is 10.1 Å². The highest BCUT2D eigenvalue weighted by atomic mass is 32.2. The molecule has 0 radical (unpaired) electrons. The largest absolute Gasteiger partial charge is 0.308 e. The van der Waals surface area contributed by atoms with E-state index in [-0.39, 0.29) is 29.6 Å². The van der Waals surface area contributed by atoms with E-state index in [0.717, 1.165) is 36.7 Å². The van der Waals surface area contributed by atoms with Gasteiger partial charge in [-0.05, 0) is 82.1 Å². The lowest BCUT2D eigenvalue weighted by Gasteiger charge is -2.31. The normalized spacial score (nSPS) is 19.3. The summed E-state index contributed by atoms with van der Waals surface area (Å²) in [5.74, 6) is 0.856. The van der Waals surface area contributed by atoms with Crippen LogP contribution in [0.3, 0.4) is 0 Å². The minimum atomic E-state index is -0.284. The Morgan fingerprint density at radius 3 is 2.59 bits per heavy atom. The number of carbonyl (C=O) groups is 1. The molecule has 1 fully saturated rings. The fourth-order valence-electron chi connectivity index (χ4n) is 5.09. The molecule has 2 atom stereocenters. The SMILES string of the molecule is C[C@H](c1nnc(SCC(=O)N2c3ccccc3C[C@H]2C)n1-c1ccc(F)cc1)N1CCCCC1. The maximum absolute atomic E-state index is 13.7. The molecule has 0 bridgehead atoms. The van der Waals surface area contributed by atoms with Crippen LogP contribution in [0.2, 0.25) is 0 Å². The van der Waals surface area contributed by atoms with Crippen molar-refractivity contribution in [2.24, 2.45) is 0 Å². The molecule has 6 nitrogen and oxygen atoms in total. The van der Waals surface area contributed by atoms with E-state index in [1.54, 1.807) is 12.1 Å². The maximum Gasteiger partial charge on any atom is 0.237 e. The van der Waals surface area contributed by atoms with Crippen molar-refractivity contribution in [1.82, 2.24) is 19.7 Å². The Morgan fingerprint density at radius 2 is 1.82 bits per heavy atom. The Hall–Kier alpha value is -2.71. The van der Waals surface area contributed by atoms with Crippen LogP contribution in [0.15, 0.2) is 53.7 Å². The molecule has 2 aliphatic rings. The summed E-state index contributed by atoms with van der Waals surface area (Å²) in [6, 6.07) is 14.7. The molecule has 2 aromatic carbocycles. The van der Waals surface area contributed by atoms with Gasteiger partial charge >= 0.3 is 0 Å². The zero-order chi connectivity index (χ0) is 23.7. The highest BCUT2D eigenvalue weighted by Crippen LogP contribution is 2.34. The van der Waals surface area contributed by atoms with Gasteiger partial charge in [0.05, 0.1) is 11.8 Å². The average molecular weight is 480 g/mol. The zero-order valence-corrected chi connectivity index (χ0v) is 20.5. The molecule has 3 aromatic rings. The van der Waals surface area contributed by atoms with Gasteiger partial charge in [-0.1, -0.05) is 36.4 Å². The Bertz CT molecular complexity index is 1160. The Kier molecular flexibility index (Phi) is 6.70. The fourth-order valence-corrected chi connectivity index (χ4v) is 5.91. The first kappa shape index (κ1) is 23.1. The topological polar surface area (TPSA) is 54.3 Å². The number of fused-ring (bicyclic) bond motifs is 1.